The number of hydrogen-bond acceptors (Lipinski definition) is 5. The predicted octanol–water partition coefficient (Wildman–Crippen LogP) is 2.35. The van der Waals surface area contributed by atoms with Crippen LogP contribution in [-0.2, 0) is 4.79 Å². The molecule has 0 bridgehead atoms. The van der Waals surface area contributed by atoms with E-state index in [-0.39, 0.29) is 16.8 Å². The van der Waals surface area contributed by atoms with Gasteiger partial charge in [-0.25, -0.2) is 0 Å². The number of para-hydroxylation sites is 1. The average Bonchev–Trinajstić information content (AvgIpc) is 2.65. The third-order valence-corrected chi connectivity index (χ3v) is 3.52. The van der Waals surface area contributed by atoms with Gasteiger partial charge in [-0.3, -0.25) is 9.59 Å². The number of methoxy groups -OCH3 is 2. The number of amides is 2. The molecule has 0 aliphatic carbocycles. The molecule has 2 rings (SSSR count). The Balaban J connectivity index is 2.31. The zero-order valence-corrected chi connectivity index (χ0v) is 14.3. The quantitative estimate of drug-likeness (QED) is 0.612. The molecule has 0 atom stereocenters. The van der Waals surface area contributed by atoms with E-state index in [1.54, 1.807) is 30.3 Å². The Labute approximate surface area is 150 Å². The number of ether oxygens (including phenoxy) is 2. The molecule has 0 saturated carbocycles. The third-order valence-electron chi connectivity index (χ3n) is 3.52. The van der Waals surface area contributed by atoms with E-state index in [0.717, 1.165) is 0 Å². The van der Waals surface area contributed by atoms with Crippen LogP contribution in [-0.4, -0.2) is 26.0 Å². The second-order valence-electron chi connectivity index (χ2n) is 5.15. The van der Waals surface area contributed by atoms with Crippen LogP contribution < -0.4 is 20.5 Å². The Morgan fingerprint density at radius 2 is 1.81 bits per heavy atom. The highest BCUT2D eigenvalue weighted by Gasteiger charge is 2.14. The number of benzene rings is 2. The fraction of sp³-hybridized carbons (Fsp3) is 0.105. The van der Waals surface area contributed by atoms with Crippen LogP contribution in [0.3, 0.4) is 0 Å². The number of carbonyl (C=O) groups excluding carboxylic acids is 2. The molecular formula is C19H17N3O4. The fourth-order valence-electron chi connectivity index (χ4n) is 2.25. The number of primary amides is 1. The first-order valence-corrected chi connectivity index (χ1v) is 7.54. The Morgan fingerprint density at radius 1 is 1.12 bits per heavy atom. The monoisotopic (exact) mass is 351 g/mol. The van der Waals surface area contributed by atoms with Crippen molar-refractivity contribution in [3.8, 4) is 17.6 Å². The minimum absolute atomic E-state index is 0.142. The molecule has 2 aromatic rings. The molecule has 0 fully saturated rings. The Kier molecular flexibility index (Phi) is 5.96. The molecule has 3 N–H and O–H groups in total. The van der Waals surface area contributed by atoms with Crippen LogP contribution in [0.15, 0.2) is 48.0 Å². The van der Waals surface area contributed by atoms with Crippen molar-refractivity contribution in [2.75, 3.05) is 19.5 Å². The number of nitrogens with one attached hydrogen (secondary N) is 1. The average molecular weight is 351 g/mol. The molecule has 7 heteroatoms. The topological polar surface area (TPSA) is 114 Å². The van der Waals surface area contributed by atoms with Crippen LogP contribution in [0.4, 0.5) is 5.69 Å². The van der Waals surface area contributed by atoms with E-state index >= 15 is 0 Å². The van der Waals surface area contributed by atoms with E-state index in [2.05, 4.69) is 5.32 Å². The third kappa shape index (κ3) is 4.19. The number of nitriles is 1. The van der Waals surface area contributed by atoms with E-state index in [4.69, 9.17) is 15.2 Å². The van der Waals surface area contributed by atoms with Crippen molar-refractivity contribution in [3.63, 3.8) is 0 Å². The number of rotatable bonds is 6. The predicted molar refractivity (Wildman–Crippen MR) is 96.7 cm³/mol. The number of hydrogen-bond donors (Lipinski definition) is 2. The second-order valence-corrected chi connectivity index (χ2v) is 5.15. The van der Waals surface area contributed by atoms with Gasteiger partial charge in [0.25, 0.3) is 11.8 Å². The van der Waals surface area contributed by atoms with Gasteiger partial charge in [-0.1, -0.05) is 18.2 Å². The molecular weight excluding hydrogens is 334 g/mol. The van der Waals surface area contributed by atoms with E-state index in [9.17, 15) is 14.9 Å². The fourth-order valence-corrected chi connectivity index (χ4v) is 2.25. The van der Waals surface area contributed by atoms with Crippen molar-refractivity contribution in [3.05, 3.63) is 59.2 Å². The van der Waals surface area contributed by atoms with Gasteiger partial charge in [-0.15, -0.1) is 0 Å². The smallest absolute Gasteiger partial charge is 0.266 e. The molecule has 2 amide bonds. The molecule has 7 nitrogen and oxygen atoms in total. The molecule has 0 aliphatic rings. The molecule has 26 heavy (non-hydrogen) atoms. The van der Waals surface area contributed by atoms with Gasteiger partial charge in [-0.2, -0.15) is 5.26 Å². The summed E-state index contributed by atoms with van der Waals surface area (Å²) in [4.78, 5) is 23.8. The summed E-state index contributed by atoms with van der Waals surface area (Å²) < 4.78 is 10.4. The van der Waals surface area contributed by atoms with Crippen LogP contribution in [0.1, 0.15) is 15.9 Å². The van der Waals surface area contributed by atoms with Gasteiger partial charge in [0, 0.05) is 0 Å². The Hall–Kier alpha value is -3.79. The second kappa shape index (κ2) is 8.35. The van der Waals surface area contributed by atoms with Crippen LogP contribution >= 0.6 is 0 Å². The molecule has 0 heterocycles. The first kappa shape index (κ1) is 18.5. The summed E-state index contributed by atoms with van der Waals surface area (Å²) in [6.07, 6.45) is 1.41. The van der Waals surface area contributed by atoms with Crippen molar-refractivity contribution in [1.82, 2.24) is 0 Å². The highest BCUT2D eigenvalue weighted by Crippen LogP contribution is 2.28. The van der Waals surface area contributed by atoms with Crippen molar-refractivity contribution in [2.45, 2.75) is 0 Å². The molecule has 0 aliphatic heterocycles. The number of anilines is 1. The van der Waals surface area contributed by atoms with Crippen LogP contribution in [0, 0.1) is 11.3 Å². The molecule has 0 saturated heterocycles. The maximum Gasteiger partial charge on any atom is 0.266 e. The largest absolute Gasteiger partial charge is 0.493 e. The lowest BCUT2D eigenvalue weighted by Crippen LogP contribution is -2.19. The standard InChI is InChI=1S/C19H17N3O4/c1-25-16-8-7-12(10-17(16)26-2)9-13(11-20)19(24)22-15-6-4-3-5-14(15)18(21)23/h3-10H,1-2H3,(H2,21,23)(H,22,24). The molecule has 132 valence electrons. The van der Waals surface area contributed by atoms with E-state index in [0.29, 0.717) is 17.1 Å². The molecule has 0 aromatic heterocycles. The minimum atomic E-state index is -0.678. The minimum Gasteiger partial charge on any atom is -0.493 e. The molecule has 0 unspecified atom stereocenters. The van der Waals surface area contributed by atoms with Gasteiger partial charge < -0.3 is 20.5 Å². The maximum atomic E-state index is 12.4. The lowest BCUT2D eigenvalue weighted by atomic mass is 10.1. The van der Waals surface area contributed by atoms with Crippen LogP contribution in [0.5, 0.6) is 11.5 Å². The first-order chi connectivity index (χ1) is 12.5. The highest BCUT2D eigenvalue weighted by molar-refractivity contribution is 6.12. The SMILES string of the molecule is COc1ccc(C=C(C#N)C(=O)Nc2ccccc2C(N)=O)cc1OC. The number of carbonyl (C=O) groups is 2. The zero-order chi connectivity index (χ0) is 19.1. The van der Waals surface area contributed by atoms with Gasteiger partial charge in [0.2, 0.25) is 0 Å². The zero-order valence-electron chi connectivity index (χ0n) is 14.3. The van der Waals surface area contributed by atoms with Gasteiger partial charge in [0.1, 0.15) is 11.6 Å². The van der Waals surface area contributed by atoms with Crippen molar-refractivity contribution < 1.29 is 19.1 Å². The van der Waals surface area contributed by atoms with Gasteiger partial charge in [0.05, 0.1) is 25.5 Å². The van der Waals surface area contributed by atoms with Gasteiger partial charge in [0.15, 0.2) is 11.5 Å². The highest BCUT2D eigenvalue weighted by atomic mass is 16.5. The Morgan fingerprint density at radius 3 is 2.42 bits per heavy atom. The summed E-state index contributed by atoms with van der Waals surface area (Å²) in [7, 11) is 3.00. The molecule has 2 aromatic carbocycles. The number of nitrogens with zero attached hydrogens (tertiary/aromatic N) is 1. The summed E-state index contributed by atoms with van der Waals surface area (Å²) in [6, 6.07) is 13.1. The molecule has 0 spiro atoms. The molecule has 0 radical (unpaired) electrons. The van der Waals surface area contributed by atoms with Crippen molar-refractivity contribution in [1.29, 1.82) is 5.26 Å². The van der Waals surface area contributed by atoms with Crippen LogP contribution in [0.25, 0.3) is 6.08 Å². The van der Waals surface area contributed by atoms with Crippen molar-refractivity contribution in [2.24, 2.45) is 5.73 Å². The van der Waals surface area contributed by atoms with Gasteiger partial charge in [-0.05, 0) is 35.9 Å². The normalized spacial score (nSPS) is 10.6. The number of nitrogens with two attached hydrogens (primary N) is 1. The van der Waals surface area contributed by atoms with E-state index < -0.39 is 11.8 Å². The van der Waals surface area contributed by atoms with E-state index in [1.165, 1.54) is 32.4 Å². The summed E-state index contributed by atoms with van der Waals surface area (Å²) in [5, 5.41) is 11.8. The van der Waals surface area contributed by atoms with Crippen LogP contribution in [0.2, 0.25) is 0 Å². The summed E-state index contributed by atoms with van der Waals surface area (Å²) >= 11 is 0. The lowest BCUT2D eigenvalue weighted by Gasteiger charge is -2.09. The van der Waals surface area contributed by atoms with Gasteiger partial charge >= 0.3 is 0 Å². The maximum absolute atomic E-state index is 12.4. The van der Waals surface area contributed by atoms with E-state index in [1.807, 2.05) is 6.07 Å². The lowest BCUT2D eigenvalue weighted by molar-refractivity contribution is -0.112. The first-order valence-electron chi connectivity index (χ1n) is 7.54. The Bertz CT molecular complexity index is 913. The van der Waals surface area contributed by atoms with Crippen molar-refractivity contribution >= 4 is 23.6 Å². The summed E-state index contributed by atoms with van der Waals surface area (Å²) in [5.74, 6) is -0.333. The summed E-state index contributed by atoms with van der Waals surface area (Å²) in [6.45, 7) is 0. The summed E-state index contributed by atoms with van der Waals surface area (Å²) in [5.41, 5.74) is 6.12.